The van der Waals surface area contributed by atoms with E-state index in [-0.39, 0.29) is 11.3 Å². The molecule has 0 amide bonds. The topological polar surface area (TPSA) is 91.3 Å². The third kappa shape index (κ3) is 11.9. The first-order valence-electron chi connectivity index (χ1n) is 14.0. The largest absolute Gasteiger partial charge is 0.575 e. The van der Waals surface area contributed by atoms with Crippen molar-refractivity contribution in [3.8, 4) is 0 Å². The lowest BCUT2D eigenvalue weighted by atomic mass is 10.0. The first-order valence-corrected chi connectivity index (χ1v) is 15.5. The van der Waals surface area contributed by atoms with Gasteiger partial charge in [0.15, 0.2) is 11.5 Å². The number of carbonyl (C=O) groups is 1. The molecule has 9 heteroatoms. The number of unbranched alkanes of at least 4 members (excludes halogenated alkanes) is 13. The molecule has 0 saturated carbocycles. The minimum Gasteiger partial charge on any atom is -0.460 e. The molecular weight excluding hydrogens is 481 g/mol. The van der Waals surface area contributed by atoms with Crippen LogP contribution in [-0.4, -0.2) is 48.4 Å². The maximum atomic E-state index is 12.0. The molecule has 0 aliphatic carbocycles. The molecule has 2 rings (SSSR count). The van der Waals surface area contributed by atoms with E-state index >= 15 is 0 Å². The van der Waals surface area contributed by atoms with Crippen molar-refractivity contribution in [2.75, 3.05) is 26.8 Å². The van der Waals surface area contributed by atoms with Crippen molar-refractivity contribution in [2.24, 2.45) is 0 Å². The molecule has 3 atom stereocenters. The Morgan fingerprint density at radius 3 is 2.11 bits per heavy atom. The highest BCUT2D eigenvalue weighted by Gasteiger charge is 2.50. The number of hydroxylamine groups is 3. The van der Waals surface area contributed by atoms with Gasteiger partial charge < -0.3 is 14.0 Å². The minimum atomic E-state index is -4.17. The first kappa shape index (κ1) is 31.0. The van der Waals surface area contributed by atoms with Crippen LogP contribution in [0.15, 0.2) is 23.6 Å². The third-order valence-electron chi connectivity index (χ3n) is 6.78. The van der Waals surface area contributed by atoms with Crippen LogP contribution in [0, 0.1) is 0 Å². The van der Waals surface area contributed by atoms with E-state index in [1.165, 1.54) is 84.0 Å². The zero-order valence-electron chi connectivity index (χ0n) is 22.8. The summed E-state index contributed by atoms with van der Waals surface area (Å²) in [5.41, 5.74) is 0.657. The molecule has 8 nitrogen and oxygen atoms in total. The summed E-state index contributed by atoms with van der Waals surface area (Å²) in [6, 6.07) is 0. The quantitative estimate of drug-likeness (QED) is 0.0777. The second-order valence-electron chi connectivity index (χ2n) is 10.2. The molecule has 0 aromatic rings. The van der Waals surface area contributed by atoms with Crippen molar-refractivity contribution < 1.29 is 37.5 Å². The summed E-state index contributed by atoms with van der Waals surface area (Å²) in [7, 11) is -2.47. The summed E-state index contributed by atoms with van der Waals surface area (Å²) in [6.07, 6.45) is 21.6. The number of rotatable bonds is 20. The predicted molar refractivity (Wildman–Crippen MR) is 141 cm³/mol. The zero-order valence-corrected chi connectivity index (χ0v) is 23.6. The molecule has 0 spiro atoms. The van der Waals surface area contributed by atoms with E-state index in [2.05, 4.69) is 6.92 Å². The number of fused-ring (bicyclic) bond motifs is 1. The standard InChI is InChI=1S/C27H48NO7P/c1-4-5-6-7-8-9-10-11-12-13-14-15-16-17-21-32-23-25(33-24(2)29)22-26-27-19-18-20-28(26,3)35-36(30,31)34-27/h18-19,25H,4-17,20-23H2,1-3H3/p+1. The number of likely N-dealkylation sites (N-methyl/N-ethyl adjacent to an activating group) is 1. The van der Waals surface area contributed by atoms with Crippen LogP contribution in [0.3, 0.4) is 0 Å². The number of phosphoric ester groups is 1. The fraction of sp³-hybridized carbons (Fsp3) is 0.815. The smallest absolute Gasteiger partial charge is 0.460 e. The van der Waals surface area contributed by atoms with E-state index in [0.717, 1.165) is 12.8 Å². The highest BCUT2D eigenvalue weighted by Crippen LogP contribution is 2.55. The number of hydrogen-bond acceptors (Lipinski definition) is 6. The van der Waals surface area contributed by atoms with Crippen LogP contribution in [0.5, 0.6) is 0 Å². The molecule has 0 fully saturated rings. The average molecular weight is 531 g/mol. The molecular formula is C27H49NO7P+. The number of carbonyl (C=O) groups excluding carboxylic acids is 1. The van der Waals surface area contributed by atoms with Crippen LogP contribution in [0.2, 0.25) is 0 Å². The van der Waals surface area contributed by atoms with Gasteiger partial charge in [-0.15, -0.1) is 4.65 Å². The van der Waals surface area contributed by atoms with Gasteiger partial charge in [-0.05, 0) is 18.6 Å². The van der Waals surface area contributed by atoms with Gasteiger partial charge in [-0.1, -0.05) is 95.0 Å². The molecule has 2 aliphatic heterocycles. The van der Waals surface area contributed by atoms with Crippen molar-refractivity contribution in [1.82, 2.24) is 0 Å². The van der Waals surface area contributed by atoms with Crippen LogP contribution in [-0.2, 0) is 28.0 Å². The molecule has 36 heavy (non-hydrogen) atoms. The third-order valence-corrected chi connectivity index (χ3v) is 7.77. The lowest BCUT2D eigenvalue weighted by molar-refractivity contribution is -1.04. The highest BCUT2D eigenvalue weighted by molar-refractivity contribution is 7.47. The number of esters is 1. The van der Waals surface area contributed by atoms with E-state index in [4.69, 9.17) is 18.6 Å². The summed E-state index contributed by atoms with van der Waals surface area (Å²) < 4.78 is 33.6. The van der Waals surface area contributed by atoms with E-state index in [1.54, 1.807) is 13.1 Å². The van der Waals surface area contributed by atoms with Crippen molar-refractivity contribution in [3.05, 3.63) is 23.6 Å². The molecule has 2 bridgehead atoms. The molecule has 208 valence electrons. The fourth-order valence-electron chi connectivity index (χ4n) is 4.83. The molecule has 2 aliphatic rings. The number of ether oxygens (including phenoxy) is 2. The van der Waals surface area contributed by atoms with Crippen LogP contribution < -0.4 is 0 Å². The SMILES string of the molecule is CCCCCCCCCCCCCCCCOCC(CC1=C2C=CC[N+]1(C)OP(=O)(O)O2)OC(C)=O. The van der Waals surface area contributed by atoms with Gasteiger partial charge in [-0.2, -0.15) is 0 Å². The Bertz CT molecular complexity index is 769. The molecule has 0 aromatic heterocycles. The Labute approximate surface area is 218 Å². The van der Waals surface area contributed by atoms with Gasteiger partial charge in [0.25, 0.3) is 0 Å². The number of phosphoric acid groups is 1. The Kier molecular flexibility index (Phi) is 14.3. The lowest BCUT2D eigenvalue weighted by Gasteiger charge is -2.39. The summed E-state index contributed by atoms with van der Waals surface area (Å²) >= 11 is 0. The molecule has 0 saturated heterocycles. The maximum Gasteiger partial charge on any atom is 0.575 e. The Hall–Kier alpha value is -1.18. The highest BCUT2D eigenvalue weighted by atomic mass is 31.2. The van der Waals surface area contributed by atoms with Crippen molar-refractivity contribution in [3.63, 3.8) is 0 Å². The average Bonchev–Trinajstić information content (AvgIpc) is 2.79. The molecule has 0 radical (unpaired) electrons. The number of hydrogen-bond donors (Lipinski definition) is 1. The van der Waals surface area contributed by atoms with Crippen LogP contribution in [0.4, 0.5) is 0 Å². The van der Waals surface area contributed by atoms with E-state index in [1.807, 2.05) is 6.08 Å². The Morgan fingerprint density at radius 2 is 1.58 bits per heavy atom. The van der Waals surface area contributed by atoms with E-state index < -0.39 is 19.9 Å². The van der Waals surface area contributed by atoms with E-state index in [9.17, 15) is 14.3 Å². The Morgan fingerprint density at radius 1 is 1.03 bits per heavy atom. The van der Waals surface area contributed by atoms with Crippen molar-refractivity contribution in [1.29, 1.82) is 0 Å². The van der Waals surface area contributed by atoms with Crippen LogP contribution in [0.25, 0.3) is 0 Å². The van der Waals surface area contributed by atoms with Gasteiger partial charge in [0.1, 0.15) is 19.7 Å². The van der Waals surface area contributed by atoms with Gasteiger partial charge in [-0.25, -0.2) is 4.57 Å². The zero-order chi connectivity index (χ0) is 26.3. The molecule has 1 N–H and O–H groups in total. The lowest BCUT2D eigenvalue weighted by Crippen LogP contribution is -2.48. The van der Waals surface area contributed by atoms with E-state index in [0.29, 0.717) is 31.0 Å². The van der Waals surface area contributed by atoms with Gasteiger partial charge in [0, 0.05) is 13.5 Å². The van der Waals surface area contributed by atoms with Crippen LogP contribution in [0.1, 0.15) is 110 Å². The second kappa shape index (κ2) is 16.6. The van der Waals surface area contributed by atoms with Gasteiger partial charge in [0.2, 0.25) is 0 Å². The van der Waals surface area contributed by atoms with Crippen LogP contribution >= 0.6 is 7.82 Å². The van der Waals surface area contributed by atoms with Gasteiger partial charge >= 0.3 is 13.8 Å². The van der Waals surface area contributed by atoms with Crippen molar-refractivity contribution in [2.45, 2.75) is 116 Å². The summed E-state index contributed by atoms with van der Waals surface area (Å²) in [4.78, 5) is 21.5. The summed E-state index contributed by atoms with van der Waals surface area (Å²) in [6.45, 7) is 4.90. The predicted octanol–water partition coefficient (Wildman–Crippen LogP) is 7.10. The fourth-order valence-corrected chi connectivity index (χ4v) is 5.90. The minimum absolute atomic E-state index is 0.198. The Balaban J connectivity index is 1.58. The van der Waals surface area contributed by atoms with Gasteiger partial charge in [-0.3, -0.25) is 9.69 Å². The molecule has 2 heterocycles. The number of quaternary nitrogens is 1. The summed E-state index contributed by atoms with van der Waals surface area (Å²) in [5, 5.41) is 0. The van der Waals surface area contributed by atoms with Crippen molar-refractivity contribution >= 4 is 13.8 Å². The molecule has 3 unspecified atom stereocenters. The first-order chi connectivity index (χ1) is 17.3. The number of allylic oxidation sites excluding steroid dienone is 1. The second-order valence-corrected chi connectivity index (χ2v) is 11.5. The molecule has 0 aromatic carbocycles. The summed E-state index contributed by atoms with van der Waals surface area (Å²) in [5.74, 6) is -0.0977. The van der Waals surface area contributed by atoms with Gasteiger partial charge in [0.05, 0.1) is 13.0 Å². The normalized spacial score (nSPS) is 24.0. The maximum absolute atomic E-state index is 12.0. The monoisotopic (exact) mass is 530 g/mol. The number of nitrogens with zero attached hydrogens (tertiary/aromatic N) is 1.